The van der Waals surface area contributed by atoms with E-state index in [-0.39, 0.29) is 6.61 Å². The quantitative estimate of drug-likeness (QED) is 0.872. The number of rotatable bonds is 5. The number of unbranched alkanes of at least 4 members (excludes halogenated alkanes) is 1. The van der Waals surface area contributed by atoms with E-state index >= 15 is 0 Å². The van der Waals surface area contributed by atoms with Crippen molar-refractivity contribution >= 4 is 11.8 Å². The lowest BCUT2D eigenvalue weighted by atomic mass is 10.0. The molecule has 1 aromatic carbocycles. The van der Waals surface area contributed by atoms with Gasteiger partial charge in [-0.15, -0.1) is 11.8 Å². The minimum absolute atomic E-state index is 0.0259. The number of thioether (sulfide) groups is 1. The van der Waals surface area contributed by atoms with Crippen LogP contribution >= 0.6 is 11.8 Å². The van der Waals surface area contributed by atoms with Crippen molar-refractivity contribution in [3.63, 3.8) is 0 Å². The number of ether oxygens (including phenoxy) is 1. The summed E-state index contributed by atoms with van der Waals surface area (Å²) in [5.41, 5.74) is 2.15. The highest BCUT2D eigenvalue weighted by atomic mass is 32.2. The SMILES string of the molecule is CCCCC1CSc2cc(CO)c(OC)cc2[C@@H](C)N1. The molecule has 2 rings (SSSR count). The van der Waals surface area contributed by atoms with Gasteiger partial charge in [0.25, 0.3) is 0 Å². The second-order valence-electron chi connectivity index (χ2n) is 5.40. The number of hydrogen-bond donors (Lipinski definition) is 2. The second kappa shape index (κ2) is 7.34. The number of methoxy groups -OCH3 is 1. The van der Waals surface area contributed by atoms with Crippen molar-refractivity contribution < 1.29 is 9.84 Å². The molecular weight excluding hydrogens is 270 g/mol. The summed E-state index contributed by atoms with van der Waals surface area (Å²) >= 11 is 1.89. The maximum Gasteiger partial charge on any atom is 0.124 e. The van der Waals surface area contributed by atoms with Gasteiger partial charge in [0.05, 0.1) is 13.7 Å². The molecule has 0 aromatic heterocycles. The lowest BCUT2D eigenvalue weighted by Crippen LogP contribution is -2.32. The van der Waals surface area contributed by atoms with Crippen LogP contribution < -0.4 is 10.1 Å². The minimum atomic E-state index is 0.0259. The molecule has 3 nitrogen and oxygen atoms in total. The molecule has 0 amide bonds. The normalized spacial score (nSPS) is 22.2. The molecule has 0 fully saturated rings. The predicted molar refractivity (Wildman–Crippen MR) is 84.5 cm³/mol. The van der Waals surface area contributed by atoms with E-state index in [4.69, 9.17) is 4.74 Å². The molecule has 1 aliphatic heterocycles. The highest BCUT2D eigenvalue weighted by molar-refractivity contribution is 7.99. The summed E-state index contributed by atoms with van der Waals surface area (Å²) in [6.07, 6.45) is 3.74. The first-order chi connectivity index (χ1) is 9.69. The fraction of sp³-hybridized carbons (Fsp3) is 0.625. The molecule has 2 N–H and O–H groups in total. The Morgan fingerprint density at radius 2 is 2.25 bits per heavy atom. The van der Waals surface area contributed by atoms with Crippen molar-refractivity contribution in [3.05, 3.63) is 23.3 Å². The molecule has 112 valence electrons. The Morgan fingerprint density at radius 1 is 1.45 bits per heavy atom. The summed E-state index contributed by atoms with van der Waals surface area (Å²) in [6.45, 7) is 4.47. The molecule has 0 aliphatic carbocycles. The van der Waals surface area contributed by atoms with E-state index in [9.17, 15) is 5.11 Å². The van der Waals surface area contributed by atoms with E-state index in [0.717, 1.165) is 17.1 Å². The van der Waals surface area contributed by atoms with Crippen LogP contribution in [0.5, 0.6) is 5.75 Å². The summed E-state index contributed by atoms with van der Waals surface area (Å²) in [7, 11) is 1.66. The average molecular weight is 295 g/mol. The van der Waals surface area contributed by atoms with Crippen LogP contribution in [0.25, 0.3) is 0 Å². The Morgan fingerprint density at radius 3 is 2.90 bits per heavy atom. The largest absolute Gasteiger partial charge is 0.496 e. The minimum Gasteiger partial charge on any atom is -0.496 e. The predicted octanol–water partition coefficient (Wildman–Crippen LogP) is 3.50. The number of benzene rings is 1. The lowest BCUT2D eigenvalue weighted by molar-refractivity contribution is 0.273. The standard InChI is InChI=1S/C16H25NO2S/c1-4-5-6-13-10-20-16-7-12(9-18)15(19-3)8-14(16)11(2)17-13/h7-8,11,13,17-18H,4-6,9-10H2,1-3H3/t11-,13?/m1/s1. The maximum atomic E-state index is 9.45. The summed E-state index contributed by atoms with van der Waals surface area (Å²) in [4.78, 5) is 1.27. The molecule has 0 bridgehead atoms. The van der Waals surface area contributed by atoms with E-state index in [1.54, 1.807) is 7.11 Å². The topological polar surface area (TPSA) is 41.5 Å². The Labute approximate surface area is 126 Å². The molecule has 1 unspecified atom stereocenters. The van der Waals surface area contributed by atoms with Gasteiger partial charge in [0.2, 0.25) is 0 Å². The number of aliphatic hydroxyl groups excluding tert-OH is 1. The van der Waals surface area contributed by atoms with E-state index < -0.39 is 0 Å². The van der Waals surface area contributed by atoms with E-state index in [0.29, 0.717) is 12.1 Å². The first-order valence-corrected chi connectivity index (χ1v) is 8.38. The molecule has 20 heavy (non-hydrogen) atoms. The van der Waals surface area contributed by atoms with Gasteiger partial charge in [0.1, 0.15) is 5.75 Å². The Balaban J connectivity index is 2.23. The van der Waals surface area contributed by atoms with Crippen LogP contribution in [0.4, 0.5) is 0 Å². The zero-order valence-electron chi connectivity index (χ0n) is 12.6. The third kappa shape index (κ3) is 3.48. The fourth-order valence-electron chi connectivity index (χ4n) is 2.69. The monoisotopic (exact) mass is 295 g/mol. The summed E-state index contributed by atoms with van der Waals surface area (Å²) in [5, 5.41) is 13.2. The Bertz CT molecular complexity index is 450. The van der Waals surface area contributed by atoms with Crippen LogP contribution in [-0.2, 0) is 6.61 Å². The summed E-state index contributed by atoms with van der Waals surface area (Å²) < 4.78 is 5.39. The van der Waals surface area contributed by atoms with Crippen LogP contribution in [0.2, 0.25) is 0 Å². The van der Waals surface area contributed by atoms with Crippen LogP contribution in [0.3, 0.4) is 0 Å². The van der Waals surface area contributed by atoms with Gasteiger partial charge in [-0.2, -0.15) is 0 Å². The van der Waals surface area contributed by atoms with Crippen LogP contribution in [0.1, 0.15) is 50.3 Å². The molecule has 0 spiro atoms. The van der Waals surface area contributed by atoms with Crippen molar-refractivity contribution in [2.45, 2.75) is 56.7 Å². The average Bonchev–Trinajstić information content (AvgIpc) is 2.62. The zero-order valence-corrected chi connectivity index (χ0v) is 13.4. The van der Waals surface area contributed by atoms with E-state index in [1.807, 2.05) is 11.8 Å². The van der Waals surface area contributed by atoms with Crippen LogP contribution in [0.15, 0.2) is 17.0 Å². The van der Waals surface area contributed by atoms with Crippen molar-refractivity contribution in [2.75, 3.05) is 12.9 Å². The summed E-state index contributed by atoms with van der Waals surface area (Å²) in [5.74, 6) is 1.88. The molecule has 0 saturated heterocycles. The molecule has 4 heteroatoms. The van der Waals surface area contributed by atoms with Crippen molar-refractivity contribution in [1.29, 1.82) is 0 Å². The first kappa shape index (κ1) is 15.7. The molecule has 0 radical (unpaired) electrons. The van der Waals surface area contributed by atoms with Gasteiger partial charge >= 0.3 is 0 Å². The smallest absolute Gasteiger partial charge is 0.124 e. The third-order valence-corrected chi connectivity index (χ3v) is 5.12. The second-order valence-corrected chi connectivity index (χ2v) is 6.46. The molecule has 0 saturated carbocycles. The van der Waals surface area contributed by atoms with Gasteiger partial charge in [-0.05, 0) is 31.0 Å². The van der Waals surface area contributed by atoms with Gasteiger partial charge in [0.15, 0.2) is 0 Å². The van der Waals surface area contributed by atoms with E-state index in [2.05, 4.69) is 31.3 Å². The van der Waals surface area contributed by atoms with E-state index in [1.165, 1.54) is 29.7 Å². The van der Waals surface area contributed by atoms with Crippen molar-refractivity contribution in [2.24, 2.45) is 0 Å². The Kier molecular flexibility index (Phi) is 5.75. The van der Waals surface area contributed by atoms with Crippen LogP contribution in [0, 0.1) is 0 Å². The Hall–Kier alpha value is -0.710. The van der Waals surface area contributed by atoms with Crippen LogP contribution in [-0.4, -0.2) is 24.0 Å². The molecule has 1 heterocycles. The van der Waals surface area contributed by atoms with Gasteiger partial charge in [-0.3, -0.25) is 0 Å². The van der Waals surface area contributed by atoms with Gasteiger partial charge in [-0.25, -0.2) is 0 Å². The van der Waals surface area contributed by atoms with Gasteiger partial charge < -0.3 is 15.2 Å². The van der Waals surface area contributed by atoms with Crippen molar-refractivity contribution in [3.8, 4) is 5.75 Å². The zero-order chi connectivity index (χ0) is 14.5. The lowest BCUT2D eigenvalue weighted by Gasteiger charge is -2.20. The number of aliphatic hydroxyl groups is 1. The number of hydrogen-bond acceptors (Lipinski definition) is 4. The number of fused-ring (bicyclic) bond motifs is 1. The molecule has 1 aliphatic rings. The third-order valence-electron chi connectivity index (χ3n) is 3.88. The number of nitrogens with one attached hydrogen (secondary N) is 1. The highest BCUT2D eigenvalue weighted by Gasteiger charge is 2.22. The highest BCUT2D eigenvalue weighted by Crippen LogP contribution is 2.37. The van der Waals surface area contributed by atoms with Crippen molar-refractivity contribution in [1.82, 2.24) is 5.32 Å². The molecule has 2 atom stereocenters. The summed E-state index contributed by atoms with van der Waals surface area (Å²) in [6, 6.07) is 5.04. The first-order valence-electron chi connectivity index (χ1n) is 7.40. The van der Waals surface area contributed by atoms with Gasteiger partial charge in [0, 0.05) is 28.3 Å². The molecular formula is C16H25NO2S. The molecule has 1 aromatic rings. The maximum absolute atomic E-state index is 9.45. The van der Waals surface area contributed by atoms with Gasteiger partial charge in [-0.1, -0.05) is 19.8 Å². The fourth-order valence-corrected chi connectivity index (χ4v) is 3.97.